The molecule has 0 bridgehead atoms. The quantitative estimate of drug-likeness (QED) is 0.699. The van der Waals surface area contributed by atoms with Crippen molar-refractivity contribution >= 4 is 11.7 Å². The molecular weight excluding hydrogens is 338 g/mol. The van der Waals surface area contributed by atoms with Gasteiger partial charge in [0.05, 0.1) is 12.4 Å². The van der Waals surface area contributed by atoms with Gasteiger partial charge in [-0.1, -0.05) is 30.3 Å². The van der Waals surface area contributed by atoms with Crippen LogP contribution in [0.2, 0.25) is 0 Å². The molecule has 0 spiro atoms. The van der Waals surface area contributed by atoms with Gasteiger partial charge >= 0.3 is 0 Å². The predicted molar refractivity (Wildman–Crippen MR) is 105 cm³/mol. The maximum absolute atomic E-state index is 12.5. The first kappa shape index (κ1) is 18.5. The summed E-state index contributed by atoms with van der Waals surface area (Å²) in [5.74, 6) is 0.501. The molecule has 1 N–H and O–H groups in total. The highest BCUT2D eigenvalue weighted by Gasteiger charge is 2.14. The third kappa shape index (κ3) is 5.10. The van der Waals surface area contributed by atoms with E-state index < -0.39 is 0 Å². The highest BCUT2D eigenvalue weighted by atomic mass is 16.2. The number of nitrogens with zero attached hydrogens (tertiary/aromatic N) is 4. The first-order valence-corrected chi connectivity index (χ1v) is 8.91. The largest absolute Gasteiger partial charge is 0.362 e. The van der Waals surface area contributed by atoms with Crippen molar-refractivity contribution in [1.29, 1.82) is 0 Å². The predicted octanol–water partition coefficient (Wildman–Crippen LogP) is 3.36. The monoisotopic (exact) mass is 361 g/mol. The van der Waals surface area contributed by atoms with Crippen LogP contribution in [0.4, 0.5) is 5.82 Å². The van der Waals surface area contributed by atoms with E-state index in [0.29, 0.717) is 18.1 Å². The fraction of sp³-hybridized carbons (Fsp3) is 0.238. The summed E-state index contributed by atoms with van der Waals surface area (Å²) in [7, 11) is 1.77. The SMILES string of the molecule is CC(Nc1cnc(C(=O)N(C)CCc2ccncc2)cn1)c1ccccc1. The normalized spacial score (nSPS) is 11.6. The summed E-state index contributed by atoms with van der Waals surface area (Å²) >= 11 is 0. The lowest BCUT2D eigenvalue weighted by Gasteiger charge is -2.17. The summed E-state index contributed by atoms with van der Waals surface area (Å²) in [5, 5.41) is 3.30. The van der Waals surface area contributed by atoms with Crippen LogP contribution in [0, 0.1) is 0 Å². The van der Waals surface area contributed by atoms with Gasteiger partial charge in [0.25, 0.3) is 5.91 Å². The minimum absolute atomic E-state index is 0.102. The molecule has 0 aliphatic carbocycles. The summed E-state index contributed by atoms with van der Waals surface area (Å²) in [6.45, 7) is 2.67. The van der Waals surface area contributed by atoms with E-state index in [4.69, 9.17) is 0 Å². The van der Waals surface area contributed by atoms with Crippen molar-refractivity contribution in [2.75, 3.05) is 18.9 Å². The second kappa shape index (κ2) is 8.89. The van der Waals surface area contributed by atoms with Crippen LogP contribution in [0.3, 0.4) is 0 Å². The number of hydrogen-bond acceptors (Lipinski definition) is 5. The van der Waals surface area contributed by atoms with Crippen molar-refractivity contribution in [3.05, 3.63) is 84.1 Å². The molecule has 1 aromatic carbocycles. The van der Waals surface area contributed by atoms with Crippen LogP contribution in [0.25, 0.3) is 0 Å². The molecule has 0 aliphatic rings. The van der Waals surface area contributed by atoms with Crippen molar-refractivity contribution in [2.24, 2.45) is 0 Å². The molecular formula is C21H23N5O. The van der Waals surface area contributed by atoms with Gasteiger partial charge in [-0.05, 0) is 36.6 Å². The van der Waals surface area contributed by atoms with E-state index in [1.54, 1.807) is 30.5 Å². The lowest BCUT2D eigenvalue weighted by atomic mass is 10.1. The zero-order valence-corrected chi connectivity index (χ0v) is 15.5. The molecule has 6 nitrogen and oxygen atoms in total. The number of nitrogens with one attached hydrogen (secondary N) is 1. The summed E-state index contributed by atoms with van der Waals surface area (Å²) in [6.07, 6.45) is 7.40. The lowest BCUT2D eigenvalue weighted by Crippen LogP contribution is -2.29. The van der Waals surface area contributed by atoms with Crippen LogP contribution in [0.1, 0.15) is 34.6 Å². The van der Waals surface area contributed by atoms with Gasteiger partial charge < -0.3 is 10.2 Å². The Labute approximate surface area is 159 Å². The summed E-state index contributed by atoms with van der Waals surface area (Å²) in [4.78, 5) is 26.8. The molecule has 2 aromatic heterocycles. The van der Waals surface area contributed by atoms with Crippen molar-refractivity contribution in [1.82, 2.24) is 19.9 Å². The molecule has 3 aromatic rings. The topological polar surface area (TPSA) is 71.0 Å². The van der Waals surface area contributed by atoms with E-state index in [2.05, 4.69) is 39.3 Å². The molecule has 0 aliphatic heterocycles. The van der Waals surface area contributed by atoms with E-state index >= 15 is 0 Å². The Morgan fingerprint density at radius 2 is 1.81 bits per heavy atom. The Kier molecular flexibility index (Phi) is 6.10. The Hall–Kier alpha value is -3.28. The van der Waals surface area contributed by atoms with Crippen LogP contribution in [-0.4, -0.2) is 39.4 Å². The number of carbonyl (C=O) groups excluding carboxylic acids is 1. The van der Waals surface area contributed by atoms with Gasteiger partial charge in [0.2, 0.25) is 0 Å². The summed E-state index contributed by atoms with van der Waals surface area (Å²) in [6, 6.07) is 14.1. The summed E-state index contributed by atoms with van der Waals surface area (Å²) in [5.41, 5.74) is 2.64. The average Bonchev–Trinajstić information content (AvgIpc) is 2.73. The molecule has 0 radical (unpaired) electrons. The Bertz CT molecular complexity index is 853. The van der Waals surface area contributed by atoms with E-state index in [1.165, 1.54) is 6.20 Å². The number of aromatic nitrogens is 3. The molecule has 1 atom stereocenters. The minimum atomic E-state index is -0.140. The number of hydrogen-bond donors (Lipinski definition) is 1. The van der Waals surface area contributed by atoms with Crippen LogP contribution < -0.4 is 5.32 Å². The fourth-order valence-corrected chi connectivity index (χ4v) is 2.70. The van der Waals surface area contributed by atoms with Gasteiger partial charge in [-0.2, -0.15) is 0 Å². The van der Waals surface area contributed by atoms with Crippen LogP contribution in [0.15, 0.2) is 67.3 Å². The molecule has 27 heavy (non-hydrogen) atoms. The Balaban J connectivity index is 1.56. The minimum Gasteiger partial charge on any atom is -0.362 e. The molecule has 1 unspecified atom stereocenters. The van der Waals surface area contributed by atoms with Crippen molar-refractivity contribution < 1.29 is 4.79 Å². The number of anilines is 1. The van der Waals surface area contributed by atoms with E-state index in [9.17, 15) is 4.79 Å². The van der Waals surface area contributed by atoms with Crippen molar-refractivity contribution in [3.8, 4) is 0 Å². The smallest absolute Gasteiger partial charge is 0.273 e. The Morgan fingerprint density at radius 1 is 1.07 bits per heavy atom. The van der Waals surface area contributed by atoms with E-state index in [0.717, 1.165) is 17.5 Å². The third-order valence-electron chi connectivity index (χ3n) is 4.37. The standard InChI is InChI=1S/C21H23N5O/c1-16(18-6-4-3-5-7-18)25-20-15-23-19(14-24-20)21(27)26(2)13-10-17-8-11-22-12-9-17/h3-9,11-12,14-16H,10,13H2,1-2H3,(H,24,25). The lowest BCUT2D eigenvalue weighted by molar-refractivity contribution is 0.0790. The first-order chi connectivity index (χ1) is 13.1. The van der Waals surface area contributed by atoms with E-state index in [-0.39, 0.29) is 11.9 Å². The van der Waals surface area contributed by atoms with Gasteiger partial charge in [0.1, 0.15) is 11.5 Å². The second-order valence-electron chi connectivity index (χ2n) is 6.40. The number of carbonyl (C=O) groups is 1. The molecule has 1 amide bonds. The van der Waals surface area contributed by atoms with Gasteiger partial charge in [0, 0.05) is 32.0 Å². The highest BCUT2D eigenvalue weighted by Crippen LogP contribution is 2.16. The highest BCUT2D eigenvalue weighted by molar-refractivity contribution is 5.91. The van der Waals surface area contributed by atoms with Crippen molar-refractivity contribution in [2.45, 2.75) is 19.4 Å². The zero-order chi connectivity index (χ0) is 19.1. The molecule has 0 fully saturated rings. The molecule has 2 heterocycles. The fourth-order valence-electron chi connectivity index (χ4n) is 2.70. The van der Waals surface area contributed by atoms with Crippen molar-refractivity contribution in [3.63, 3.8) is 0 Å². The van der Waals surface area contributed by atoms with Gasteiger partial charge in [-0.15, -0.1) is 0 Å². The maximum atomic E-state index is 12.5. The number of benzene rings is 1. The second-order valence-corrected chi connectivity index (χ2v) is 6.40. The van der Waals surface area contributed by atoms with Gasteiger partial charge in [0.15, 0.2) is 0 Å². The number of amides is 1. The third-order valence-corrected chi connectivity index (χ3v) is 4.37. The molecule has 0 saturated heterocycles. The summed E-state index contributed by atoms with van der Waals surface area (Å²) < 4.78 is 0. The first-order valence-electron chi connectivity index (χ1n) is 8.91. The van der Waals surface area contributed by atoms with Crippen LogP contribution in [-0.2, 0) is 6.42 Å². The number of rotatable bonds is 7. The molecule has 138 valence electrons. The Morgan fingerprint density at radius 3 is 2.48 bits per heavy atom. The van der Waals surface area contributed by atoms with Crippen LogP contribution >= 0.6 is 0 Å². The molecule has 6 heteroatoms. The molecule has 3 rings (SSSR count). The van der Waals surface area contributed by atoms with Crippen LogP contribution in [0.5, 0.6) is 0 Å². The zero-order valence-electron chi connectivity index (χ0n) is 15.5. The molecule has 0 saturated carbocycles. The average molecular weight is 361 g/mol. The van der Waals surface area contributed by atoms with Gasteiger partial charge in [-0.25, -0.2) is 9.97 Å². The maximum Gasteiger partial charge on any atom is 0.273 e. The number of pyridine rings is 1. The van der Waals surface area contributed by atoms with E-state index in [1.807, 2.05) is 30.3 Å². The van der Waals surface area contributed by atoms with Gasteiger partial charge in [-0.3, -0.25) is 9.78 Å². The number of likely N-dealkylation sites (N-methyl/N-ethyl adjacent to an activating group) is 1.